The molecule has 1 aliphatic rings. The van der Waals surface area contributed by atoms with Crippen LogP contribution in [0.3, 0.4) is 0 Å². The van der Waals surface area contributed by atoms with E-state index in [2.05, 4.69) is 38.6 Å². The van der Waals surface area contributed by atoms with Gasteiger partial charge in [0.1, 0.15) is 0 Å². The lowest BCUT2D eigenvalue weighted by molar-refractivity contribution is 0.214. The zero-order chi connectivity index (χ0) is 13.1. The molecule has 0 aromatic carbocycles. The van der Waals surface area contributed by atoms with Crippen molar-refractivity contribution in [2.45, 2.75) is 45.1 Å². The molecular formula is C12H22BrN5. The van der Waals surface area contributed by atoms with Crippen molar-refractivity contribution in [2.75, 3.05) is 0 Å². The highest BCUT2D eigenvalue weighted by Crippen LogP contribution is 2.38. The predicted molar refractivity (Wildman–Crippen MR) is 74.5 cm³/mol. The minimum atomic E-state index is 0.136. The van der Waals surface area contributed by atoms with E-state index in [1.165, 1.54) is 32.1 Å². The summed E-state index contributed by atoms with van der Waals surface area (Å²) in [6.07, 6.45) is 6.37. The monoisotopic (exact) mass is 315 g/mol. The third-order valence-corrected chi connectivity index (χ3v) is 4.81. The van der Waals surface area contributed by atoms with Gasteiger partial charge in [-0.05, 0) is 40.6 Å². The molecule has 1 aromatic heterocycles. The van der Waals surface area contributed by atoms with E-state index in [-0.39, 0.29) is 6.04 Å². The molecule has 1 unspecified atom stereocenters. The fraction of sp³-hybridized carbons (Fsp3) is 0.833. The van der Waals surface area contributed by atoms with Gasteiger partial charge in [0, 0.05) is 7.05 Å². The van der Waals surface area contributed by atoms with Gasteiger partial charge < -0.3 is 0 Å². The number of nitrogens with zero attached hydrogens (tertiary/aromatic N) is 3. The van der Waals surface area contributed by atoms with E-state index in [9.17, 15) is 0 Å². The number of hydrogen-bond acceptors (Lipinski definition) is 4. The van der Waals surface area contributed by atoms with Crippen LogP contribution >= 0.6 is 15.9 Å². The van der Waals surface area contributed by atoms with Crippen LogP contribution in [-0.4, -0.2) is 15.0 Å². The normalized spacial score (nSPS) is 26.2. The lowest BCUT2D eigenvalue weighted by atomic mass is 9.77. The van der Waals surface area contributed by atoms with Gasteiger partial charge in [0.15, 0.2) is 4.60 Å². The van der Waals surface area contributed by atoms with Crippen molar-refractivity contribution >= 4 is 15.9 Å². The van der Waals surface area contributed by atoms with Crippen molar-refractivity contribution in [3.63, 3.8) is 0 Å². The van der Waals surface area contributed by atoms with Crippen molar-refractivity contribution < 1.29 is 0 Å². The molecule has 1 saturated carbocycles. The highest BCUT2D eigenvalue weighted by Gasteiger charge is 2.30. The molecule has 3 N–H and O–H groups in total. The highest BCUT2D eigenvalue weighted by atomic mass is 79.9. The molecular weight excluding hydrogens is 294 g/mol. The van der Waals surface area contributed by atoms with Crippen LogP contribution in [0.5, 0.6) is 0 Å². The summed E-state index contributed by atoms with van der Waals surface area (Å²) in [4.78, 5) is 0. The maximum Gasteiger partial charge on any atom is 0.153 e. The lowest BCUT2D eigenvalue weighted by Crippen LogP contribution is -2.36. The molecule has 1 heterocycles. The quantitative estimate of drug-likeness (QED) is 0.661. The van der Waals surface area contributed by atoms with Crippen molar-refractivity contribution in [2.24, 2.45) is 24.7 Å². The Balaban J connectivity index is 2.10. The maximum absolute atomic E-state index is 5.76. The van der Waals surface area contributed by atoms with Crippen molar-refractivity contribution in [3.8, 4) is 0 Å². The summed E-state index contributed by atoms with van der Waals surface area (Å²) < 4.78 is 2.60. The van der Waals surface area contributed by atoms with Crippen LogP contribution in [0.25, 0.3) is 0 Å². The summed E-state index contributed by atoms with van der Waals surface area (Å²) in [6.45, 7) is 2.28. The largest absolute Gasteiger partial charge is 0.271 e. The topological polar surface area (TPSA) is 68.8 Å². The summed E-state index contributed by atoms with van der Waals surface area (Å²) in [6, 6.07) is 0.136. The van der Waals surface area contributed by atoms with Crippen molar-refractivity contribution in [1.82, 2.24) is 20.4 Å². The van der Waals surface area contributed by atoms with Crippen LogP contribution in [-0.2, 0) is 7.05 Å². The Morgan fingerprint density at radius 1 is 1.44 bits per heavy atom. The second-order valence-electron chi connectivity index (χ2n) is 5.22. The average Bonchev–Trinajstić information content (AvgIpc) is 2.72. The third kappa shape index (κ3) is 2.75. The smallest absolute Gasteiger partial charge is 0.153 e. The number of hydrogen-bond donors (Lipinski definition) is 2. The summed E-state index contributed by atoms with van der Waals surface area (Å²) in [7, 11) is 1.91. The fourth-order valence-corrected chi connectivity index (χ4v) is 3.61. The van der Waals surface area contributed by atoms with E-state index in [0.29, 0.717) is 5.92 Å². The number of nitrogens with two attached hydrogens (primary N) is 1. The minimum absolute atomic E-state index is 0.136. The first-order chi connectivity index (χ1) is 8.67. The summed E-state index contributed by atoms with van der Waals surface area (Å²) in [5.41, 5.74) is 4.01. The number of aromatic nitrogens is 3. The molecule has 1 atom stereocenters. The van der Waals surface area contributed by atoms with Crippen LogP contribution in [0, 0.1) is 11.8 Å². The first-order valence-corrected chi connectivity index (χ1v) is 7.47. The lowest BCUT2D eigenvalue weighted by Gasteiger charge is -2.33. The molecule has 0 spiro atoms. The minimum Gasteiger partial charge on any atom is -0.271 e. The predicted octanol–water partition coefficient (Wildman–Crippen LogP) is 2.30. The molecule has 1 aliphatic carbocycles. The number of nitrogens with one attached hydrogen (secondary N) is 1. The Morgan fingerprint density at radius 3 is 2.56 bits per heavy atom. The average molecular weight is 316 g/mol. The van der Waals surface area contributed by atoms with Crippen LogP contribution in [0.2, 0.25) is 0 Å². The number of rotatable bonds is 4. The molecule has 2 rings (SSSR count). The molecule has 6 heteroatoms. The fourth-order valence-electron chi connectivity index (χ4n) is 3.04. The molecule has 5 nitrogen and oxygen atoms in total. The number of hydrazine groups is 1. The molecule has 0 aliphatic heterocycles. The second-order valence-corrected chi connectivity index (χ2v) is 5.97. The standard InChI is InChI=1S/C12H22BrN5/c1-3-8-4-6-9(7-5-8)10(15-14)11-12(13)16-17-18(11)2/h8-10,15H,3-7,14H2,1-2H3. The summed E-state index contributed by atoms with van der Waals surface area (Å²) in [5, 5.41) is 8.08. The Kier molecular flexibility index (Phi) is 4.75. The Bertz CT molecular complexity index is 364. The van der Waals surface area contributed by atoms with E-state index >= 15 is 0 Å². The molecule has 0 bridgehead atoms. The first-order valence-electron chi connectivity index (χ1n) is 6.68. The molecule has 0 radical (unpaired) electrons. The van der Waals surface area contributed by atoms with Gasteiger partial charge >= 0.3 is 0 Å². The Morgan fingerprint density at radius 2 is 2.11 bits per heavy atom. The summed E-state index contributed by atoms with van der Waals surface area (Å²) >= 11 is 3.46. The van der Waals surface area contributed by atoms with Crippen molar-refractivity contribution in [3.05, 3.63) is 10.3 Å². The van der Waals surface area contributed by atoms with Gasteiger partial charge in [-0.15, -0.1) is 5.10 Å². The SMILES string of the molecule is CCC1CCC(C(NN)c2c(Br)nnn2C)CC1. The van der Waals surface area contributed by atoms with Crippen LogP contribution < -0.4 is 11.3 Å². The van der Waals surface area contributed by atoms with Gasteiger partial charge in [-0.1, -0.05) is 31.4 Å². The maximum atomic E-state index is 5.76. The molecule has 1 aromatic rings. The molecule has 1 fully saturated rings. The van der Waals surface area contributed by atoms with Crippen molar-refractivity contribution in [1.29, 1.82) is 0 Å². The van der Waals surface area contributed by atoms with Crippen LogP contribution in [0.1, 0.15) is 50.8 Å². The Labute approximate surface area is 117 Å². The van der Waals surface area contributed by atoms with E-state index in [1.54, 1.807) is 4.68 Å². The third-order valence-electron chi connectivity index (χ3n) is 4.24. The van der Waals surface area contributed by atoms with E-state index < -0.39 is 0 Å². The molecule has 18 heavy (non-hydrogen) atoms. The van der Waals surface area contributed by atoms with E-state index in [0.717, 1.165) is 16.2 Å². The molecule has 0 saturated heterocycles. The zero-order valence-electron chi connectivity index (χ0n) is 11.1. The van der Waals surface area contributed by atoms with Gasteiger partial charge in [-0.3, -0.25) is 11.3 Å². The second kappa shape index (κ2) is 6.12. The van der Waals surface area contributed by atoms with Crippen LogP contribution in [0.4, 0.5) is 0 Å². The number of halogens is 1. The van der Waals surface area contributed by atoms with Crippen LogP contribution in [0.15, 0.2) is 4.60 Å². The van der Waals surface area contributed by atoms with E-state index in [4.69, 9.17) is 5.84 Å². The van der Waals surface area contributed by atoms with E-state index in [1.807, 2.05) is 7.05 Å². The Hall–Kier alpha value is -0.460. The zero-order valence-corrected chi connectivity index (χ0v) is 12.7. The summed E-state index contributed by atoms with van der Waals surface area (Å²) in [5.74, 6) is 7.23. The first kappa shape index (κ1) is 14.0. The van der Waals surface area contributed by atoms with Gasteiger partial charge in [-0.2, -0.15) is 0 Å². The number of aryl methyl sites for hydroxylation is 1. The molecule has 102 valence electrons. The molecule has 0 amide bonds. The van der Waals surface area contributed by atoms with Gasteiger partial charge in [0.2, 0.25) is 0 Å². The van der Waals surface area contributed by atoms with Gasteiger partial charge in [0.25, 0.3) is 0 Å². The van der Waals surface area contributed by atoms with Gasteiger partial charge in [0.05, 0.1) is 11.7 Å². The van der Waals surface area contributed by atoms with Gasteiger partial charge in [-0.25, -0.2) is 4.68 Å². The highest BCUT2D eigenvalue weighted by molar-refractivity contribution is 9.10.